The third kappa shape index (κ3) is 3.78. The Morgan fingerprint density at radius 3 is 2.47 bits per heavy atom. The summed E-state index contributed by atoms with van der Waals surface area (Å²) in [5.74, 6) is -0.0196. The summed E-state index contributed by atoms with van der Waals surface area (Å²) < 4.78 is 57.0. The van der Waals surface area contributed by atoms with E-state index in [1.165, 1.54) is 21.6 Å². The fourth-order valence-corrected chi connectivity index (χ4v) is 5.82. The van der Waals surface area contributed by atoms with Crippen LogP contribution in [0.25, 0.3) is 10.9 Å². The van der Waals surface area contributed by atoms with Gasteiger partial charge in [-0.1, -0.05) is 6.58 Å². The van der Waals surface area contributed by atoms with Gasteiger partial charge in [-0.25, -0.2) is 22.0 Å². The van der Waals surface area contributed by atoms with Crippen LogP contribution in [0.2, 0.25) is 0 Å². The minimum absolute atomic E-state index is 0.0125. The van der Waals surface area contributed by atoms with E-state index in [1.54, 1.807) is 0 Å². The molecule has 2 aromatic rings. The van der Waals surface area contributed by atoms with Crippen molar-refractivity contribution in [3.8, 4) is 0 Å². The number of alkyl halides is 2. The van der Waals surface area contributed by atoms with Crippen LogP contribution in [-0.4, -0.2) is 53.4 Å². The third-order valence-electron chi connectivity index (χ3n) is 6.85. The van der Waals surface area contributed by atoms with Gasteiger partial charge in [0.25, 0.3) is 12.0 Å². The Kier molecular flexibility index (Phi) is 5.28. The molecule has 0 unspecified atom stereocenters. The van der Waals surface area contributed by atoms with Gasteiger partial charge in [-0.15, -0.1) is 0 Å². The first kappa shape index (κ1) is 22.9. The molecule has 1 N–H and O–H groups in total. The second kappa shape index (κ2) is 7.84. The number of hydrogen-bond acceptors (Lipinski definition) is 5. The highest BCUT2D eigenvalue weighted by Gasteiger charge is 2.54. The first-order chi connectivity index (χ1) is 16.1. The average Bonchev–Trinajstić information content (AvgIpc) is 3.68. The maximum Gasteiger partial charge on any atom is 0.331 e. The predicted molar refractivity (Wildman–Crippen MR) is 119 cm³/mol. The van der Waals surface area contributed by atoms with Crippen molar-refractivity contribution in [2.75, 3.05) is 13.1 Å². The Hall–Kier alpha value is -2.86. The number of amides is 1. The number of fused-ring (bicyclic) bond motifs is 1. The summed E-state index contributed by atoms with van der Waals surface area (Å²) >= 11 is 0. The molecular weight excluding hydrogens is 470 g/mol. The van der Waals surface area contributed by atoms with E-state index in [0.29, 0.717) is 12.1 Å². The van der Waals surface area contributed by atoms with Gasteiger partial charge in [0, 0.05) is 19.6 Å². The molecule has 1 amide bonds. The Bertz CT molecular complexity index is 1420. The van der Waals surface area contributed by atoms with Crippen LogP contribution in [0.15, 0.2) is 45.3 Å². The van der Waals surface area contributed by atoms with Crippen LogP contribution in [-0.2, 0) is 21.4 Å². The SMILES string of the molecule is C=CC(=O)N1CC(n2c(=O)c3cc(S(=O)(=O)NC4(C(F)F)CC4)ccc3n(CC3CC3)c2=O)C1. The Balaban J connectivity index is 1.59. The maximum atomic E-state index is 13.4. The highest BCUT2D eigenvalue weighted by Crippen LogP contribution is 2.42. The summed E-state index contributed by atoms with van der Waals surface area (Å²) in [6, 6.07) is 3.21. The molecule has 0 atom stereocenters. The molecular formula is C22H24F2N4O5S. The number of nitrogens with one attached hydrogen (secondary N) is 1. The van der Waals surface area contributed by atoms with Gasteiger partial charge in [0.15, 0.2) is 0 Å². The number of hydrogen-bond donors (Lipinski definition) is 1. The predicted octanol–water partition coefficient (Wildman–Crippen LogP) is 1.22. The number of nitrogens with zero attached hydrogens (tertiary/aromatic N) is 3. The molecule has 3 aliphatic rings. The largest absolute Gasteiger partial charge is 0.335 e. The Morgan fingerprint density at radius 2 is 1.91 bits per heavy atom. The van der Waals surface area contributed by atoms with Crippen LogP contribution >= 0.6 is 0 Å². The molecule has 0 bridgehead atoms. The van der Waals surface area contributed by atoms with E-state index in [-0.39, 0.29) is 48.0 Å². The zero-order valence-electron chi connectivity index (χ0n) is 18.2. The summed E-state index contributed by atoms with van der Waals surface area (Å²) in [5.41, 5.74) is -2.66. The van der Waals surface area contributed by atoms with Gasteiger partial charge in [-0.05, 0) is 55.9 Å². The van der Waals surface area contributed by atoms with Gasteiger partial charge >= 0.3 is 5.69 Å². The van der Waals surface area contributed by atoms with Crippen molar-refractivity contribution < 1.29 is 22.0 Å². The van der Waals surface area contributed by atoms with E-state index in [2.05, 4.69) is 11.3 Å². The van der Waals surface area contributed by atoms with E-state index < -0.39 is 39.3 Å². The average molecular weight is 495 g/mol. The number of rotatable bonds is 8. The summed E-state index contributed by atoms with van der Waals surface area (Å²) in [7, 11) is -4.32. The molecule has 3 fully saturated rings. The molecule has 0 spiro atoms. The normalized spacial score (nSPS) is 19.9. The van der Waals surface area contributed by atoms with Crippen LogP contribution in [0.4, 0.5) is 8.78 Å². The number of carbonyl (C=O) groups excluding carboxylic acids is 1. The molecule has 0 radical (unpaired) electrons. The smallest absolute Gasteiger partial charge is 0.331 e. The lowest BCUT2D eigenvalue weighted by atomic mass is 10.1. The van der Waals surface area contributed by atoms with E-state index >= 15 is 0 Å². The molecule has 9 nitrogen and oxygen atoms in total. The highest BCUT2D eigenvalue weighted by molar-refractivity contribution is 7.89. The minimum atomic E-state index is -4.32. The number of benzene rings is 1. The van der Waals surface area contributed by atoms with E-state index in [0.717, 1.165) is 29.6 Å². The fraction of sp³-hybridized carbons (Fsp3) is 0.500. The van der Waals surface area contributed by atoms with Crippen LogP contribution in [0.1, 0.15) is 31.7 Å². The number of aromatic nitrogens is 2. The Morgan fingerprint density at radius 1 is 1.24 bits per heavy atom. The lowest BCUT2D eigenvalue weighted by Crippen LogP contribution is -2.56. The fourth-order valence-electron chi connectivity index (χ4n) is 4.35. The number of sulfonamides is 1. The molecule has 2 saturated carbocycles. The zero-order valence-corrected chi connectivity index (χ0v) is 19.1. The summed E-state index contributed by atoms with van der Waals surface area (Å²) in [6.45, 7) is 4.13. The number of likely N-dealkylation sites (tertiary alicyclic amines) is 1. The molecule has 34 heavy (non-hydrogen) atoms. The Labute approximate surface area is 193 Å². The van der Waals surface area contributed by atoms with Crippen molar-refractivity contribution in [2.45, 2.75) is 55.1 Å². The van der Waals surface area contributed by atoms with Crippen LogP contribution in [0.5, 0.6) is 0 Å². The van der Waals surface area contributed by atoms with Crippen LogP contribution in [0, 0.1) is 5.92 Å². The molecule has 1 aromatic carbocycles. The van der Waals surface area contributed by atoms with Gasteiger partial charge in [0.05, 0.1) is 27.4 Å². The summed E-state index contributed by atoms with van der Waals surface area (Å²) in [4.78, 5) is 39.6. The topological polar surface area (TPSA) is 110 Å². The minimum Gasteiger partial charge on any atom is -0.335 e. The molecule has 1 aromatic heterocycles. The molecule has 12 heteroatoms. The van der Waals surface area contributed by atoms with Crippen molar-refractivity contribution in [1.82, 2.24) is 18.8 Å². The van der Waals surface area contributed by atoms with Crippen LogP contribution in [0.3, 0.4) is 0 Å². The zero-order chi connectivity index (χ0) is 24.4. The van der Waals surface area contributed by atoms with Crippen molar-refractivity contribution in [1.29, 1.82) is 0 Å². The number of halogens is 2. The molecule has 1 saturated heterocycles. The van der Waals surface area contributed by atoms with Gasteiger partial charge in [0.2, 0.25) is 15.9 Å². The van der Waals surface area contributed by atoms with Crippen molar-refractivity contribution in [3.05, 3.63) is 51.7 Å². The maximum absolute atomic E-state index is 13.4. The second-order valence-electron chi connectivity index (χ2n) is 9.35. The van der Waals surface area contributed by atoms with E-state index in [9.17, 15) is 31.6 Å². The molecule has 5 rings (SSSR count). The first-order valence-electron chi connectivity index (χ1n) is 11.1. The molecule has 182 valence electrons. The standard InChI is InChI=1S/C22H24F2N4O5S/c1-2-18(29)26-11-14(12-26)28-19(30)16-9-15(34(32,33)25-22(7-8-22)20(23)24)5-6-17(16)27(21(28)31)10-13-3-4-13/h2,5-6,9,13-14,20,25H,1,3-4,7-8,10-12H2. The second-order valence-corrected chi connectivity index (χ2v) is 11.0. The lowest BCUT2D eigenvalue weighted by molar-refractivity contribution is -0.131. The summed E-state index contributed by atoms with van der Waals surface area (Å²) in [5, 5.41) is 0.0125. The molecule has 2 aliphatic carbocycles. The number of carbonyl (C=O) groups is 1. The van der Waals surface area contributed by atoms with Gasteiger partial charge in [-0.3, -0.25) is 18.7 Å². The summed E-state index contributed by atoms with van der Waals surface area (Å²) in [6.07, 6.45) is 0.276. The quantitative estimate of drug-likeness (QED) is 0.555. The van der Waals surface area contributed by atoms with Crippen molar-refractivity contribution >= 4 is 26.8 Å². The third-order valence-corrected chi connectivity index (χ3v) is 8.40. The molecule has 1 aliphatic heterocycles. The van der Waals surface area contributed by atoms with Crippen LogP contribution < -0.4 is 16.0 Å². The van der Waals surface area contributed by atoms with E-state index in [1.807, 2.05) is 0 Å². The monoisotopic (exact) mass is 494 g/mol. The lowest BCUT2D eigenvalue weighted by Gasteiger charge is -2.39. The van der Waals surface area contributed by atoms with E-state index in [4.69, 9.17) is 0 Å². The van der Waals surface area contributed by atoms with Gasteiger partial charge in [-0.2, -0.15) is 4.72 Å². The van der Waals surface area contributed by atoms with Crippen molar-refractivity contribution in [3.63, 3.8) is 0 Å². The van der Waals surface area contributed by atoms with Gasteiger partial charge in [0.1, 0.15) is 0 Å². The van der Waals surface area contributed by atoms with Crippen molar-refractivity contribution in [2.24, 2.45) is 5.92 Å². The highest BCUT2D eigenvalue weighted by atomic mass is 32.2. The molecule has 2 heterocycles. The first-order valence-corrected chi connectivity index (χ1v) is 12.6. The van der Waals surface area contributed by atoms with Gasteiger partial charge < -0.3 is 4.90 Å².